The van der Waals surface area contributed by atoms with Crippen LogP contribution in [0.15, 0.2) is 29.2 Å². The number of hydrogen-bond acceptors (Lipinski definition) is 3. The molecule has 1 heterocycles. The van der Waals surface area contributed by atoms with Gasteiger partial charge in [0.05, 0.1) is 17.1 Å². The van der Waals surface area contributed by atoms with Gasteiger partial charge in [-0.3, -0.25) is 0 Å². The molecule has 1 aliphatic heterocycles. The lowest BCUT2D eigenvalue weighted by Gasteiger charge is -2.34. The van der Waals surface area contributed by atoms with Crippen molar-refractivity contribution < 1.29 is 13.2 Å². The predicted molar refractivity (Wildman–Crippen MR) is 93.1 cm³/mol. The van der Waals surface area contributed by atoms with Crippen LogP contribution in [0.25, 0.3) is 0 Å². The minimum Gasteiger partial charge on any atom is -0.373 e. The Kier molecular flexibility index (Phi) is 6.62. The van der Waals surface area contributed by atoms with Crippen molar-refractivity contribution in [1.29, 1.82) is 0 Å². The van der Waals surface area contributed by atoms with Gasteiger partial charge in [0, 0.05) is 13.1 Å². The van der Waals surface area contributed by atoms with Crippen LogP contribution in [-0.2, 0) is 21.2 Å². The summed E-state index contributed by atoms with van der Waals surface area (Å²) in [7, 11) is -3.42. The Balaban J connectivity index is 2.02. The lowest BCUT2D eigenvalue weighted by Crippen LogP contribution is -2.48. The molecule has 0 bridgehead atoms. The molecule has 2 rings (SSSR count). The van der Waals surface area contributed by atoms with Crippen LogP contribution < -0.4 is 0 Å². The molecule has 1 aromatic carbocycles. The smallest absolute Gasteiger partial charge is 0.243 e. The van der Waals surface area contributed by atoms with Gasteiger partial charge in [-0.1, -0.05) is 38.3 Å². The average Bonchev–Trinajstić information content (AvgIpc) is 2.51. The normalized spacial score (nSPS) is 23.1. The Morgan fingerprint density at radius 3 is 2.22 bits per heavy atom. The molecule has 1 saturated heterocycles. The number of sulfonamides is 1. The molecule has 1 fully saturated rings. The van der Waals surface area contributed by atoms with Crippen molar-refractivity contribution in [3.05, 3.63) is 29.8 Å². The molecule has 4 nitrogen and oxygen atoms in total. The van der Waals surface area contributed by atoms with Gasteiger partial charge in [-0.15, -0.1) is 0 Å². The first-order chi connectivity index (χ1) is 10.9. The summed E-state index contributed by atoms with van der Waals surface area (Å²) >= 11 is 0. The SMILES string of the molecule is CCCCCCc1ccc(S(=O)(=O)N2CC(C)OC(C)C2)cc1. The van der Waals surface area contributed by atoms with Crippen LogP contribution in [0.5, 0.6) is 0 Å². The molecule has 0 radical (unpaired) electrons. The van der Waals surface area contributed by atoms with Gasteiger partial charge < -0.3 is 4.74 Å². The highest BCUT2D eigenvalue weighted by Crippen LogP contribution is 2.22. The maximum atomic E-state index is 12.8. The number of benzene rings is 1. The second-order valence-electron chi connectivity index (χ2n) is 6.53. The van der Waals surface area contributed by atoms with E-state index in [4.69, 9.17) is 4.74 Å². The monoisotopic (exact) mass is 339 g/mol. The molecule has 1 aliphatic rings. The standard InChI is InChI=1S/C18H29NO3S/c1-4-5-6-7-8-17-9-11-18(12-10-17)23(20,21)19-13-15(2)22-16(3)14-19/h9-12,15-16H,4-8,13-14H2,1-3H3. The average molecular weight is 340 g/mol. The molecular formula is C18H29NO3S. The number of unbranched alkanes of at least 4 members (excludes halogenated alkanes) is 3. The topological polar surface area (TPSA) is 46.6 Å². The van der Waals surface area contributed by atoms with E-state index >= 15 is 0 Å². The number of morpholine rings is 1. The molecule has 2 unspecified atom stereocenters. The molecule has 0 spiro atoms. The first-order valence-corrected chi connectivity index (χ1v) is 10.1. The summed E-state index contributed by atoms with van der Waals surface area (Å²) in [5.41, 5.74) is 1.21. The van der Waals surface area contributed by atoms with Crippen LogP contribution in [0.2, 0.25) is 0 Å². The Morgan fingerprint density at radius 1 is 1.04 bits per heavy atom. The molecule has 5 heteroatoms. The minimum absolute atomic E-state index is 0.0636. The maximum Gasteiger partial charge on any atom is 0.243 e. The highest BCUT2D eigenvalue weighted by Gasteiger charge is 2.32. The molecular weight excluding hydrogens is 310 g/mol. The van der Waals surface area contributed by atoms with Crippen LogP contribution in [0, 0.1) is 0 Å². The number of nitrogens with zero attached hydrogens (tertiary/aromatic N) is 1. The van der Waals surface area contributed by atoms with Gasteiger partial charge in [0.25, 0.3) is 0 Å². The molecule has 0 saturated carbocycles. The minimum atomic E-state index is -3.42. The van der Waals surface area contributed by atoms with E-state index in [0.29, 0.717) is 18.0 Å². The fourth-order valence-electron chi connectivity index (χ4n) is 3.06. The Hall–Kier alpha value is -0.910. The van der Waals surface area contributed by atoms with Crippen molar-refractivity contribution in [2.45, 2.75) is 70.0 Å². The van der Waals surface area contributed by atoms with Crippen LogP contribution in [-0.4, -0.2) is 38.0 Å². The molecule has 1 aromatic rings. The van der Waals surface area contributed by atoms with Crippen LogP contribution in [0.3, 0.4) is 0 Å². The zero-order chi connectivity index (χ0) is 16.9. The van der Waals surface area contributed by atoms with Crippen molar-refractivity contribution in [2.24, 2.45) is 0 Å². The third kappa shape index (κ3) is 5.03. The van der Waals surface area contributed by atoms with Gasteiger partial charge in [0.2, 0.25) is 10.0 Å². The van der Waals surface area contributed by atoms with E-state index in [1.807, 2.05) is 26.0 Å². The molecule has 0 aliphatic carbocycles. The van der Waals surface area contributed by atoms with Gasteiger partial charge in [-0.05, 0) is 44.4 Å². The zero-order valence-electron chi connectivity index (χ0n) is 14.5. The second kappa shape index (κ2) is 8.27. The molecule has 0 amide bonds. The lowest BCUT2D eigenvalue weighted by molar-refractivity contribution is -0.0440. The van der Waals surface area contributed by atoms with Crippen LogP contribution >= 0.6 is 0 Å². The van der Waals surface area contributed by atoms with Crippen molar-refractivity contribution in [2.75, 3.05) is 13.1 Å². The molecule has 130 valence electrons. The summed E-state index contributed by atoms with van der Waals surface area (Å²) < 4.78 is 32.7. The molecule has 2 atom stereocenters. The van der Waals surface area contributed by atoms with Crippen molar-refractivity contribution in [1.82, 2.24) is 4.31 Å². The first kappa shape index (κ1) is 18.4. The Morgan fingerprint density at radius 2 is 1.65 bits per heavy atom. The van der Waals surface area contributed by atoms with Crippen LogP contribution in [0.4, 0.5) is 0 Å². The van der Waals surface area contributed by atoms with E-state index in [2.05, 4.69) is 6.92 Å². The van der Waals surface area contributed by atoms with Crippen LogP contribution in [0.1, 0.15) is 52.0 Å². The third-order valence-electron chi connectivity index (χ3n) is 4.27. The van der Waals surface area contributed by atoms with Gasteiger partial charge in [0.15, 0.2) is 0 Å². The van der Waals surface area contributed by atoms with Gasteiger partial charge in [-0.2, -0.15) is 4.31 Å². The summed E-state index contributed by atoms with van der Waals surface area (Å²) in [6.45, 7) is 6.87. The lowest BCUT2D eigenvalue weighted by atomic mass is 10.1. The summed E-state index contributed by atoms with van der Waals surface area (Å²) in [5.74, 6) is 0. The third-order valence-corrected chi connectivity index (χ3v) is 6.11. The second-order valence-corrected chi connectivity index (χ2v) is 8.47. The molecule has 23 heavy (non-hydrogen) atoms. The van der Waals surface area contributed by atoms with Crippen molar-refractivity contribution >= 4 is 10.0 Å². The number of ether oxygens (including phenoxy) is 1. The zero-order valence-corrected chi connectivity index (χ0v) is 15.3. The summed E-state index contributed by atoms with van der Waals surface area (Å²) in [6.07, 6.45) is 5.79. The molecule has 0 N–H and O–H groups in total. The number of aryl methyl sites for hydroxylation is 1. The Labute approximate surface area is 140 Å². The largest absolute Gasteiger partial charge is 0.373 e. The van der Waals surface area contributed by atoms with E-state index < -0.39 is 10.0 Å². The van der Waals surface area contributed by atoms with E-state index in [9.17, 15) is 8.42 Å². The van der Waals surface area contributed by atoms with Gasteiger partial charge in [0.1, 0.15) is 0 Å². The predicted octanol–water partition coefficient (Wildman–Crippen LogP) is 3.61. The molecule has 0 aromatic heterocycles. The van der Waals surface area contributed by atoms with Gasteiger partial charge >= 0.3 is 0 Å². The number of hydrogen-bond donors (Lipinski definition) is 0. The van der Waals surface area contributed by atoms with E-state index in [1.54, 1.807) is 16.4 Å². The van der Waals surface area contributed by atoms with E-state index in [1.165, 1.54) is 31.2 Å². The Bertz CT molecular complexity index is 573. The van der Waals surface area contributed by atoms with Gasteiger partial charge in [-0.25, -0.2) is 8.42 Å². The van der Waals surface area contributed by atoms with E-state index in [-0.39, 0.29) is 12.2 Å². The highest BCUT2D eigenvalue weighted by atomic mass is 32.2. The summed E-state index contributed by atoms with van der Waals surface area (Å²) in [5, 5.41) is 0. The van der Waals surface area contributed by atoms with Crippen molar-refractivity contribution in [3.63, 3.8) is 0 Å². The fraction of sp³-hybridized carbons (Fsp3) is 0.667. The fourth-order valence-corrected chi connectivity index (χ4v) is 4.65. The quantitative estimate of drug-likeness (QED) is 0.713. The summed E-state index contributed by atoms with van der Waals surface area (Å²) in [6, 6.07) is 7.39. The number of rotatable bonds is 7. The maximum absolute atomic E-state index is 12.8. The van der Waals surface area contributed by atoms with Crippen molar-refractivity contribution in [3.8, 4) is 0 Å². The first-order valence-electron chi connectivity index (χ1n) is 8.68. The highest BCUT2D eigenvalue weighted by molar-refractivity contribution is 7.89. The summed E-state index contributed by atoms with van der Waals surface area (Å²) in [4.78, 5) is 0.385. The van der Waals surface area contributed by atoms with E-state index in [0.717, 1.165) is 6.42 Å².